The van der Waals surface area contributed by atoms with Gasteiger partial charge in [0.15, 0.2) is 0 Å². The zero-order chi connectivity index (χ0) is 21.5. The highest BCUT2D eigenvalue weighted by Gasteiger charge is 2.18. The van der Waals surface area contributed by atoms with Crippen molar-refractivity contribution >= 4 is 28.1 Å². The number of aromatic amines is 1. The summed E-state index contributed by atoms with van der Waals surface area (Å²) in [6, 6.07) is 24.7. The summed E-state index contributed by atoms with van der Waals surface area (Å²) in [5, 5.41) is 1.34. The van der Waals surface area contributed by atoms with Crippen molar-refractivity contribution in [1.29, 1.82) is 0 Å². The topological polar surface area (TPSA) is 15.8 Å². The van der Waals surface area contributed by atoms with E-state index in [1.54, 1.807) is 0 Å². The van der Waals surface area contributed by atoms with Crippen LogP contribution in [0.1, 0.15) is 47.2 Å². The number of rotatable bonds is 3. The number of aryl methyl sites for hydroxylation is 2. The number of aromatic nitrogens is 1. The summed E-state index contributed by atoms with van der Waals surface area (Å²) in [6.07, 6.45) is 13.5. The summed E-state index contributed by atoms with van der Waals surface area (Å²) >= 11 is 0. The first-order valence-corrected chi connectivity index (χ1v) is 11.6. The van der Waals surface area contributed by atoms with E-state index < -0.39 is 0 Å². The minimum absolute atomic E-state index is 1.06. The van der Waals surface area contributed by atoms with Crippen LogP contribution >= 0.6 is 0 Å². The molecular weight excluding hydrogens is 386 g/mol. The summed E-state index contributed by atoms with van der Waals surface area (Å²) in [7, 11) is 0. The molecule has 2 aliphatic carbocycles. The van der Waals surface area contributed by atoms with Crippen LogP contribution in [-0.2, 0) is 6.42 Å². The second-order valence-corrected chi connectivity index (χ2v) is 9.06. The average Bonchev–Trinajstić information content (AvgIpc) is 3.22. The maximum atomic E-state index is 3.65. The van der Waals surface area contributed by atoms with Crippen LogP contribution in [0.3, 0.4) is 0 Å². The Labute approximate surface area is 189 Å². The van der Waals surface area contributed by atoms with Crippen molar-refractivity contribution < 1.29 is 0 Å². The zero-order valence-corrected chi connectivity index (χ0v) is 18.5. The molecule has 2 aliphatic rings. The summed E-state index contributed by atoms with van der Waals surface area (Å²) in [5.41, 5.74) is 13.5. The number of benzene rings is 3. The van der Waals surface area contributed by atoms with Crippen molar-refractivity contribution in [1.82, 2.24) is 4.98 Å². The zero-order valence-electron chi connectivity index (χ0n) is 18.5. The monoisotopic (exact) mass is 413 g/mol. The Kier molecular flexibility index (Phi) is 4.69. The third-order valence-corrected chi connectivity index (χ3v) is 6.83. The van der Waals surface area contributed by atoms with Gasteiger partial charge in [0.2, 0.25) is 0 Å². The molecule has 0 aliphatic heterocycles. The quantitative estimate of drug-likeness (QED) is 0.347. The van der Waals surface area contributed by atoms with E-state index in [1.807, 2.05) is 0 Å². The summed E-state index contributed by atoms with van der Waals surface area (Å²) in [5.74, 6) is 0. The van der Waals surface area contributed by atoms with Crippen LogP contribution < -0.4 is 0 Å². The molecule has 0 bridgehead atoms. The second-order valence-electron chi connectivity index (χ2n) is 9.06. The maximum Gasteiger partial charge on any atom is 0.0462 e. The summed E-state index contributed by atoms with van der Waals surface area (Å²) < 4.78 is 0. The lowest BCUT2D eigenvalue weighted by molar-refractivity contribution is 0.964. The number of hydrogen-bond acceptors (Lipinski definition) is 0. The third-order valence-electron chi connectivity index (χ3n) is 6.83. The van der Waals surface area contributed by atoms with Crippen molar-refractivity contribution in [3.63, 3.8) is 0 Å². The minimum Gasteiger partial charge on any atom is -0.358 e. The lowest BCUT2D eigenvalue weighted by atomic mass is 9.86. The Balaban J connectivity index is 1.51. The molecule has 1 heteroatoms. The van der Waals surface area contributed by atoms with Gasteiger partial charge in [0, 0.05) is 22.2 Å². The molecule has 1 heterocycles. The van der Waals surface area contributed by atoms with Crippen molar-refractivity contribution in [2.24, 2.45) is 0 Å². The normalized spacial score (nSPS) is 15.4. The summed E-state index contributed by atoms with van der Waals surface area (Å²) in [6.45, 7) is 2.17. The molecule has 1 nitrogen and oxygen atoms in total. The van der Waals surface area contributed by atoms with E-state index in [4.69, 9.17) is 0 Å². The fraction of sp³-hybridized carbons (Fsp3) is 0.161. The van der Waals surface area contributed by atoms with Crippen molar-refractivity contribution in [2.75, 3.05) is 0 Å². The highest BCUT2D eigenvalue weighted by Crippen LogP contribution is 2.38. The lowest BCUT2D eigenvalue weighted by Gasteiger charge is -2.18. The molecule has 0 saturated heterocycles. The van der Waals surface area contributed by atoms with Gasteiger partial charge in [-0.05, 0) is 102 Å². The molecule has 0 radical (unpaired) electrons. The molecule has 32 heavy (non-hydrogen) atoms. The molecular formula is C31H27N. The Morgan fingerprint density at radius 1 is 0.719 bits per heavy atom. The first kappa shape index (κ1) is 19.1. The molecule has 156 valence electrons. The fourth-order valence-corrected chi connectivity index (χ4v) is 5.12. The van der Waals surface area contributed by atoms with Crippen LogP contribution in [0.15, 0.2) is 85.0 Å². The van der Waals surface area contributed by atoms with Gasteiger partial charge in [-0.2, -0.15) is 0 Å². The van der Waals surface area contributed by atoms with Crippen LogP contribution in [0.5, 0.6) is 0 Å². The van der Waals surface area contributed by atoms with E-state index in [1.165, 1.54) is 61.1 Å². The molecule has 6 rings (SSSR count). The number of H-pyrrole nitrogens is 1. The fourth-order valence-electron chi connectivity index (χ4n) is 5.12. The number of nitrogens with one attached hydrogen (secondary N) is 1. The maximum absolute atomic E-state index is 3.65. The van der Waals surface area contributed by atoms with Gasteiger partial charge in [-0.25, -0.2) is 0 Å². The van der Waals surface area contributed by atoms with E-state index in [2.05, 4.69) is 103 Å². The molecule has 0 spiro atoms. The van der Waals surface area contributed by atoms with Gasteiger partial charge in [-0.15, -0.1) is 0 Å². The Hall–Kier alpha value is -3.58. The van der Waals surface area contributed by atoms with E-state index in [-0.39, 0.29) is 0 Å². The Morgan fingerprint density at radius 2 is 1.53 bits per heavy atom. The molecule has 0 fully saturated rings. The van der Waals surface area contributed by atoms with Crippen LogP contribution in [0, 0.1) is 6.92 Å². The van der Waals surface area contributed by atoms with E-state index in [0.29, 0.717) is 0 Å². The van der Waals surface area contributed by atoms with Crippen LogP contribution in [0.4, 0.5) is 0 Å². The molecule has 1 N–H and O–H groups in total. The molecule has 1 aromatic heterocycles. The van der Waals surface area contributed by atoms with Gasteiger partial charge < -0.3 is 4.98 Å². The van der Waals surface area contributed by atoms with E-state index in [9.17, 15) is 0 Å². The lowest BCUT2D eigenvalue weighted by Crippen LogP contribution is -1.99. The minimum atomic E-state index is 1.06. The smallest absolute Gasteiger partial charge is 0.0462 e. The van der Waals surface area contributed by atoms with Gasteiger partial charge >= 0.3 is 0 Å². The second kappa shape index (κ2) is 7.84. The van der Waals surface area contributed by atoms with E-state index in [0.717, 1.165) is 25.7 Å². The van der Waals surface area contributed by atoms with Crippen LogP contribution in [0.25, 0.3) is 39.3 Å². The highest BCUT2D eigenvalue weighted by atomic mass is 14.7. The van der Waals surface area contributed by atoms with Crippen LogP contribution in [0.2, 0.25) is 0 Å². The molecule has 0 amide bonds. The molecule has 0 atom stereocenters. The largest absolute Gasteiger partial charge is 0.358 e. The first-order chi connectivity index (χ1) is 15.7. The van der Waals surface area contributed by atoms with E-state index >= 15 is 0 Å². The number of allylic oxidation sites excluding steroid dienone is 5. The molecule has 0 saturated carbocycles. The van der Waals surface area contributed by atoms with Crippen molar-refractivity contribution in [2.45, 2.75) is 32.6 Å². The van der Waals surface area contributed by atoms with Gasteiger partial charge in [-0.3, -0.25) is 0 Å². The Bertz CT molecular complexity index is 1410. The summed E-state index contributed by atoms with van der Waals surface area (Å²) in [4.78, 5) is 3.65. The van der Waals surface area contributed by atoms with Gasteiger partial charge in [-0.1, -0.05) is 60.2 Å². The first-order valence-electron chi connectivity index (χ1n) is 11.6. The standard InChI is InChI=1S/C31H27N/c1-21-12-14-30-28(16-21)29-20-24(13-15-31(29)32-30)27-18-25(22-8-4-2-5-9-22)17-26(19-27)23-10-6-3-7-11-23/h2-6,8-10,12,14,16-20,32H,7,11,13,15H2,1H3. The SMILES string of the molecule is Cc1ccc2[nH]c3c(c2c1)C=C(c1cc(C2=CC=CCC2)cc(-c2ccccc2)c1)CC3. The predicted molar refractivity (Wildman–Crippen MR) is 137 cm³/mol. The van der Waals surface area contributed by atoms with Crippen LogP contribution in [-0.4, -0.2) is 4.98 Å². The van der Waals surface area contributed by atoms with Crippen molar-refractivity contribution in [3.05, 3.63) is 113 Å². The average molecular weight is 414 g/mol. The van der Waals surface area contributed by atoms with Crippen molar-refractivity contribution in [3.8, 4) is 11.1 Å². The number of hydrogen-bond donors (Lipinski definition) is 1. The Morgan fingerprint density at radius 3 is 2.34 bits per heavy atom. The van der Waals surface area contributed by atoms with Gasteiger partial charge in [0.1, 0.15) is 0 Å². The third kappa shape index (κ3) is 3.44. The predicted octanol–water partition coefficient (Wildman–Crippen LogP) is 8.36. The molecule has 3 aromatic carbocycles. The highest BCUT2D eigenvalue weighted by molar-refractivity contribution is 5.98. The number of fused-ring (bicyclic) bond motifs is 3. The molecule has 4 aromatic rings. The van der Waals surface area contributed by atoms with Gasteiger partial charge in [0.25, 0.3) is 0 Å². The van der Waals surface area contributed by atoms with Gasteiger partial charge in [0.05, 0.1) is 0 Å². The molecule has 0 unspecified atom stereocenters.